The number of rotatable bonds is 8. The number of ether oxygens (including phenoxy) is 3. The smallest absolute Gasteiger partial charge is 0.374 e. The highest BCUT2D eigenvalue weighted by Gasteiger charge is 2.25. The van der Waals surface area contributed by atoms with Crippen LogP contribution in [-0.4, -0.2) is 31.3 Å². The van der Waals surface area contributed by atoms with Crippen LogP contribution in [-0.2, 0) is 23.8 Å². The first kappa shape index (κ1) is 18.5. The Labute approximate surface area is 121 Å². The minimum absolute atomic E-state index is 0.0501. The van der Waals surface area contributed by atoms with Crippen molar-refractivity contribution in [3.8, 4) is 0 Å². The predicted octanol–water partition coefficient (Wildman–Crippen LogP) is 2.84. The van der Waals surface area contributed by atoms with Gasteiger partial charge in [0.05, 0.1) is 18.8 Å². The Morgan fingerprint density at radius 2 is 1.45 bits per heavy atom. The van der Waals surface area contributed by atoms with E-state index >= 15 is 0 Å². The van der Waals surface area contributed by atoms with Gasteiger partial charge in [-0.25, -0.2) is 9.59 Å². The molecule has 0 heterocycles. The van der Waals surface area contributed by atoms with Crippen molar-refractivity contribution in [2.24, 2.45) is 5.92 Å². The number of esters is 2. The Hall–Kier alpha value is -1.52. The van der Waals surface area contributed by atoms with Crippen LogP contribution < -0.4 is 0 Å². The molecular formula is C15H26O5. The molecule has 5 nitrogen and oxygen atoms in total. The van der Waals surface area contributed by atoms with E-state index in [2.05, 4.69) is 0 Å². The van der Waals surface area contributed by atoms with E-state index < -0.39 is 11.9 Å². The van der Waals surface area contributed by atoms with Gasteiger partial charge in [0.1, 0.15) is 6.10 Å². The summed E-state index contributed by atoms with van der Waals surface area (Å²) in [5.41, 5.74) is 0.143. The van der Waals surface area contributed by atoms with E-state index in [1.54, 1.807) is 13.8 Å². The SMILES string of the molecule is CCOC(=O)/C(C)=C(\OC(CC)C(C)C)C(=O)OCC. The molecule has 0 aliphatic heterocycles. The molecule has 0 aromatic carbocycles. The summed E-state index contributed by atoms with van der Waals surface area (Å²) in [5, 5.41) is 0. The normalized spacial score (nSPS) is 13.6. The number of carbonyl (C=O) groups excluding carboxylic acids is 2. The van der Waals surface area contributed by atoms with Gasteiger partial charge in [0.2, 0.25) is 5.76 Å². The van der Waals surface area contributed by atoms with Gasteiger partial charge in [-0.1, -0.05) is 20.8 Å². The van der Waals surface area contributed by atoms with Gasteiger partial charge < -0.3 is 14.2 Å². The molecule has 0 saturated heterocycles. The molecule has 0 aliphatic rings. The first-order chi connectivity index (χ1) is 9.38. The van der Waals surface area contributed by atoms with Gasteiger partial charge in [0, 0.05) is 0 Å². The van der Waals surface area contributed by atoms with Crippen molar-refractivity contribution in [2.75, 3.05) is 13.2 Å². The van der Waals surface area contributed by atoms with E-state index in [1.807, 2.05) is 20.8 Å². The molecule has 116 valence electrons. The second-order valence-electron chi connectivity index (χ2n) is 4.70. The van der Waals surface area contributed by atoms with Crippen LogP contribution in [0.3, 0.4) is 0 Å². The Morgan fingerprint density at radius 3 is 1.85 bits per heavy atom. The highest BCUT2D eigenvalue weighted by Crippen LogP contribution is 2.19. The van der Waals surface area contributed by atoms with E-state index in [0.717, 1.165) is 6.42 Å². The van der Waals surface area contributed by atoms with Crippen LogP contribution in [0.4, 0.5) is 0 Å². The van der Waals surface area contributed by atoms with E-state index in [9.17, 15) is 9.59 Å². The fourth-order valence-corrected chi connectivity index (χ4v) is 1.66. The zero-order valence-electron chi connectivity index (χ0n) is 13.3. The maximum Gasteiger partial charge on any atom is 0.374 e. The minimum atomic E-state index is -0.628. The Balaban J connectivity index is 5.31. The summed E-state index contributed by atoms with van der Waals surface area (Å²) in [6, 6.07) is 0. The summed E-state index contributed by atoms with van der Waals surface area (Å²) in [6.45, 7) is 11.3. The molecule has 1 atom stereocenters. The van der Waals surface area contributed by atoms with Crippen LogP contribution in [0.1, 0.15) is 48.0 Å². The highest BCUT2D eigenvalue weighted by molar-refractivity contribution is 5.98. The fraction of sp³-hybridized carbons (Fsp3) is 0.733. The standard InChI is InChI=1S/C15H26O5/c1-7-12(10(4)5)20-13(15(17)19-9-3)11(6)14(16)18-8-2/h10,12H,7-9H2,1-6H3/b13-11-. The van der Waals surface area contributed by atoms with E-state index in [0.29, 0.717) is 0 Å². The average Bonchev–Trinajstić information content (AvgIpc) is 2.39. The van der Waals surface area contributed by atoms with Gasteiger partial charge in [-0.15, -0.1) is 0 Å². The summed E-state index contributed by atoms with van der Waals surface area (Å²) >= 11 is 0. The summed E-state index contributed by atoms with van der Waals surface area (Å²) < 4.78 is 15.6. The van der Waals surface area contributed by atoms with E-state index in [4.69, 9.17) is 14.2 Å². The van der Waals surface area contributed by atoms with Gasteiger partial charge in [-0.05, 0) is 33.1 Å². The number of hydrogen-bond acceptors (Lipinski definition) is 5. The molecular weight excluding hydrogens is 260 g/mol. The summed E-state index contributed by atoms with van der Waals surface area (Å²) in [6.07, 6.45) is 0.579. The molecule has 0 amide bonds. The molecule has 20 heavy (non-hydrogen) atoms. The second kappa shape index (κ2) is 9.39. The third-order valence-corrected chi connectivity index (χ3v) is 2.80. The van der Waals surface area contributed by atoms with Crippen LogP contribution in [0.15, 0.2) is 11.3 Å². The molecule has 0 aromatic rings. The van der Waals surface area contributed by atoms with Crippen LogP contribution in [0.2, 0.25) is 0 Å². The lowest BCUT2D eigenvalue weighted by Crippen LogP contribution is -2.25. The largest absolute Gasteiger partial charge is 0.483 e. The highest BCUT2D eigenvalue weighted by atomic mass is 16.6. The van der Waals surface area contributed by atoms with Crippen LogP contribution in [0.25, 0.3) is 0 Å². The van der Waals surface area contributed by atoms with Crippen molar-refractivity contribution in [3.05, 3.63) is 11.3 Å². The second-order valence-corrected chi connectivity index (χ2v) is 4.70. The summed E-state index contributed by atoms with van der Waals surface area (Å²) in [4.78, 5) is 23.7. The van der Waals surface area contributed by atoms with Crippen LogP contribution in [0.5, 0.6) is 0 Å². The zero-order valence-corrected chi connectivity index (χ0v) is 13.3. The molecule has 0 spiro atoms. The lowest BCUT2D eigenvalue weighted by atomic mass is 10.0. The van der Waals surface area contributed by atoms with Gasteiger partial charge in [-0.2, -0.15) is 0 Å². The van der Waals surface area contributed by atoms with Crippen molar-refractivity contribution < 1.29 is 23.8 Å². The molecule has 5 heteroatoms. The summed E-state index contributed by atoms with van der Waals surface area (Å²) in [5.74, 6) is -1.02. The average molecular weight is 286 g/mol. The molecule has 0 fully saturated rings. The maximum absolute atomic E-state index is 12.0. The zero-order chi connectivity index (χ0) is 15.7. The van der Waals surface area contributed by atoms with Crippen LogP contribution >= 0.6 is 0 Å². The van der Waals surface area contributed by atoms with Gasteiger partial charge in [-0.3, -0.25) is 0 Å². The molecule has 0 bridgehead atoms. The molecule has 0 rings (SSSR count). The first-order valence-corrected chi connectivity index (χ1v) is 7.10. The van der Waals surface area contributed by atoms with Crippen molar-refractivity contribution in [1.82, 2.24) is 0 Å². The third-order valence-electron chi connectivity index (χ3n) is 2.80. The van der Waals surface area contributed by atoms with Crippen molar-refractivity contribution in [3.63, 3.8) is 0 Å². The molecule has 1 unspecified atom stereocenters. The Bertz CT molecular complexity index is 357. The van der Waals surface area contributed by atoms with Gasteiger partial charge >= 0.3 is 11.9 Å². The van der Waals surface area contributed by atoms with Crippen molar-refractivity contribution in [1.29, 1.82) is 0 Å². The quantitative estimate of drug-likeness (QED) is 0.390. The molecule has 0 aromatic heterocycles. The van der Waals surface area contributed by atoms with Crippen molar-refractivity contribution in [2.45, 2.75) is 54.1 Å². The Kier molecular flexibility index (Phi) is 8.68. The number of hydrogen-bond donors (Lipinski definition) is 0. The van der Waals surface area contributed by atoms with Gasteiger partial charge in [0.15, 0.2) is 0 Å². The lowest BCUT2D eigenvalue weighted by Gasteiger charge is -2.23. The minimum Gasteiger partial charge on any atom is -0.483 e. The third kappa shape index (κ3) is 5.63. The molecule has 0 N–H and O–H groups in total. The topological polar surface area (TPSA) is 61.8 Å². The summed E-state index contributed by atoms with van der Waals surface area (Å²) in [7, 11) is 0. The molecule has 0 aliphatic carbocycles. The molecule has 0 saturated carbocycles. The van der Waals surface area contributed by atoms with E-state index in [1.165, 1.54) is 6.92 Å². The van der Waals surface area contributed by atoms with Crippen molar-refractivity contribution >= 4 is 11.9 Å². The fourth-order valence-electron chi connectivity index (χ4n) is 1.66. The van der Waals surface area contributed by atoms with Crippen LogP contribution in [0, 0.1) is 5.92 Å². The monoisotopic (exact) mass is 286 g/mol. The number of carbonyl (C=O) groups is 2. The first-order valence-electron chi connectivity index (χ1n) is 7.10. The van der Waals surface area contributed by atoms with Gasteiger partial charge in [0.25, 0.3) is 0 Å². The van der Waals surface area contributed by atoms with E-state index in [-0.39, 0.29) is 36.6 Å². The maximum atomic E-state index is 12.0. The predicted molar refractivity (Wildman–Crippen MR) is 76.0 cm³/mol. The Morgan fingerprint density at radius 1 is 0.950 bits per heavy atom. The molecule has 0 radical (unpaired) electrons. The lowest BCUT2D eigenvalue weighted by molar-refractivity contribution is -0.146.